The van der Waals surface area contributed by atoms with Gasteiger partial charge in [0, 0.05) is 17.7 Å². The molecule has 2 rings (SSSR count). The molecular formula is C17H22BrClN2O. The zero-order valence-corrected chi connectivity index (χ0v) is 15.0. The lowest BCUT2D eigenvalue weighted by molar-refractivity contribution is 0.0652. The van der Waals surface area contributed by atoms with Crippen LogP contribution in [0.25, 0.3) is 0 Å². The number of nitrogens with zero attached hydrogens (tertiary/aromatic N) is 1. The lowest BCUT2D eigenvalue weighted by Gasteiger charge is -2.21. The molecule has 0 aliphatic carbocycles. The molecule has 0 spiro atoms. The largest absolute Gasteiger partial charge is 0.367 e. The van der Waals surface area contributed by atoms with Gasteiger partial charge in [0.25, 0.3) is 0 Å². The lowest BCUT2D eigenvalue weighted by Crippen LogP contribution is -2.29. The Hall–Kier alpha value is -0.910. The van der Waals surface area contributed by atoms with Crippen LogP contribution < -0.4 is 5.73 Å². The van der Waals surface area contributed by atoms with Crippen LogP contribution in [-0.2, 0) is 4.74 Å². The maximum absolute atomic E-state index is 6.11. The first-order valence-electron chi connectivity index (χ1n) is 7.01. The van der Waals surface area contributed by atoms with Crippen molar-refractivity contribution in [2.45, 2.75) is 6.10 Å². The summed E-state index contributed by atoms with van der Waals surface area (Å²) in [6.07, 6.45) is -0.0505. The van der Waals surface area contributed by atoms with Gasteiger partial charge < -0.3 is 10.5 Å². The molecule has 2 aromatic rings. The fraction of sp³-hybridized carbons (Fsp3) is 0.294. The summed E-state index contributed by atoms with van der Waals surface area (Å²) >= 11 is 3.47. The molecule has 5 heteroatoms. The second-order valence-electron chi connectivity index (χ2n) is 4.98. The maximum atomic E-state index is 6.11. The molecule has 120 valence electrons. The molecule has 0 bridgehead atoms. The first-order chi connectivity index (χ1) is 10.2. The van der Waals surface area contributed by atoms with Crippen LogP contribution in [-0.4, -0.2) is 31.8 Å². The summed E-state index contributed by atoms with van der Waals surface area (Å²) in [4.78, 5) is 2.03. The minimum absolute atomic E-state index is 0. The van der Waals surface area contributed by atoms with Crippen LogP contribution in [0.2, 0.25) is 0 Å². The van der Waals surface area contributed by atoms with Gasteiger partial charge in [-0.2, -0.15) is 0 Å². The lowest BCUT2D eigenvalue weighted by atomic mass is 10.0. The van der Waals surface area contributed by atoms with Gasteiger partial charge in [0.2, 0.25) is 0 Å². The van der Waals surface area contributed by atoms with Gasteiger partial charge in [0.15, 0.2) is 0 Å². The standard InChI is InChI=1S/C17H21BrN2O.ClH/c1-20(13-19)11-12-21-17(14-5-3-2-4-6-14)15-7-9-16(18)10-8-15;/h2-10,17H,11-13,19H2,1H3;1H. The van der Waals surface area contributed by atoms with Crippen molar-refractivity contribution in [3.63, 3.8) is 0 Å². The van der Waals surface area contributed by atoms with Crippen molar-refractivity contribution < 1.29 is 4.74 Å². The minimum Gasteiger partial charge on any atom is -0.367 e. The Morgan fingerprint density at radius 2 is 1.64 bits per heavy atom. The van der Waals surface area contributed by atoms with Gasteiger partial charge in [-0.15, -0.1) is 12.4 Å². The van der Waals surface area contributed by atoms with Gasteiger partial charge in [-0.05, 0) is 30.3 Å². The SMILES string of the molecule is CN(CN)CCOC(c1ccccc1)c1ccc(Br)cc1.Cl. The monoisotopic (exact) mass is 384 g/mol. The quantitative estimate of drug-likeness (QED) is 0.736. The van der Waals surface area contributed by atoms with E-state index in [4.69, 9.17) is 10.5 Å². The molecule has 2 aromatic carbocycles. The molecule has 0 amide bonds. The van der Waals surface area contributed by atoms with E-state index in [1.165, 1.54) is 0 Å². The van der Waals surface area contributed by atoms with E-state index in [2.05, 4.69) is 40.2 Å². The minimum atomic E-state index is -0.0505. The fourth-order valence-electron chi connectivity index (χ4n) is 2.07. The summed E-state index contributed by atoms with van der Waals surface area (Å²) in [5, 5.41) is 0. The van der Waals surface area contributed by atoms with E-state index in [9.17, 15) is 0 Å². The molecule has 2 N–H and O–H groups in total. The molecule has 1 atom stereocenters. The Labute approximate surface area is 147 Å². The number of ether oxygens (including phenoxy) is 1. The van der Waals surface area contributed by atoms with E-state index in [-0.39, 0.29) is 18.5 Å². The van der Waals surface area contributed by atoms with Crippen LogP contribution in [0, 0.1) is 0 Å². The van der Waals surface area contributed by atoms with Crippen molar-refractivity contribution >= 4 is 28.3 Å². The third kappa shape index (κ3) is 5.71. The third-order valence-electron chi connectivity index (χ3n) is 3.34. The topological polar surface area (TPSA) is 38.5 Å². The smallest absolute Gasteiger partial charge is 0.108 e. The number of halogens is 2. The van der Waals surface area contributed by atoms with Crippen molar-refractivity contribution in [2.75, 3.05) is 26.9 Å². The van der Waals surface area contributed by atoms with Gasteiger partial charge in [-0.25, -0.2) is 0 Å². The van der Waals surface area contributed by atoms with Crippen molar-refractivity contribution in [3.05, 3.63) is 70.2 Å². The Balaban J connectivity index is 0.00000242. The molecule has 0 saturated heterocycles. The molecule has 1 unspecified atom stereocenters. The first-order valence-corrected chi connectivity index (χ1v) is 7.80. The summed E-state index contributed by atoms with van der Waals surface area (Å²) in [6.45, 7) is 2.00. The van der Waals surface area contributed by atoms with Crippen molar-refractivity contribution in [3.8, 4) is 0 Å². The number of nitrogens with two attached hydrogens (primary N) is 1. The van der Waals surface area contributed by atoms with Crippen molar-refractivity contribution in [1.29, 1.82) is 0 Å². The number of hydrogen-bond acceptors (Lipinski definition) is 3. The normalized spacial score (nSPS) is 12.0. The Bertz CT molecular complexity index is 536. The van der Waals surface area contributed by atoms with Gasteiger partial charge in [-0.1, -0.05) is 58.4 Å². The highest BCUT2D eigenvalue weighted by Gasteiger charge is 2.14. The Morgan fingerprint density at radius 1 is 1.05 bits per heavy atom. The number of likely N-dealkylation sites (N-methyl/N-ethyl adjacent to an activating group) is 1. The molecular weight excluding hydrogens is 364 g/mol. The predicted molar refractivity (Wildman–Crippen MR) is 97.3 cm³/mol. The van der Waals surface area contributed by atoms with Gasteiger partial charge in [0.1, 0.15) is 6.10 Å². The fourth-order valence-corrected chi connectivity index (χ4v) is 2.33. The van der Waals surface area contributed by atoms with Crippen LogP contribution >= 0.6 is 28.3 Å². The van der Waals surface area contributed by atoms with E-state index >= 15 is 0 Å². The zero-order chi connectivity index (χ0) is 15.1. The Kier molecular flexibility index (Phi) is 8.68. The summed E-state index contributed by atoms with van der Waals surface area (Å²) in [6, 6.07) is 18.6. The maximum Gasteiger partial charge on any atom is 0.108 e. The van der Waals surface area contributed by atoms with Gasteiger partial charge in [-0.3, -0.25) is 4.90 Å². The summed E-state index contributed by atoms with van der Waals surface area (Å²) in [5.41, 5.74) is 7.91. The first kappa shape index (κ1) is 19.1. The van der Waals surface area contributed by atoms with Gasteiger partial charge in [0.05, 0.1) is 6.61 Å². The Morgan fingerprint density at radius 3 is 2.23 bits per heavy atom. The number of rotatable bonds is 7. The molecule has 22 heavy (non-hydrogen) atoms. The highest BCUT2D eigenvalue weighted by atomic mass is 79.9. The average Bonchev–Trinajstić information content (AvgIpc) is 2.53. The zero-order valence-electron chi connectivity index (χ0n) is 12.6. The molecule has 0 radical (unpaired) electrons. The van der Waals surface area contributed by atoms with Crippen LogP contribution in [0.15, 0.2) is 59.1 Å². The summed E-state index contributed by atoms with van der Waals surface area (Å²) < 4.78 is 7.18. The molecule has 0 aliphatic heterocycles. The van der Waals surface area contributed by atoms with E-state index in [1.807, 2.05) is 42.3 Å². The second-order valence-corrected chi connectivity index (χ2v) is 5.89. The molecule has 0 aliphatic rings. The van der Waals surface area contributed by atoms with Crippen LogP contribution in [0.5, 0.6) is 0 Å². The summed E-state index contributed by atoms with van der Waals surface area (Å²) in [5.74, 6) is 0. The highest BCUT2D eigenvalue weighted by Crippen LogP contribution is 2.27. The molecule has 0 saturated carbocycles. The second kappa shape index (κ2) is 9.98. The van der Waals surface area contributed by atoms with Crippen molar-refractivity contribution in [2.24, 2.45) is 5.73 Å². The molecule has 3 nitrogen and oxygen atoms in total. The highest BCUT2D eigenvalue weighted by molar-refractivity contribution is 9.10. The third-order valence-corrected chi connectivity index (χ3v) is 3.87. The number of hydrogen-bond donors (Lipinski definition) is 1. The molecule has 0 aromatic heterocycles. The van der Waals surface area contributed by atoms with E-state index in [0.717, 1.165) is 22.1 Å². The van der Waals surface area contributed by atoms with E-state index in [0.29, 0.717) is 13.3 Å². The van der Waals surface area contributed by atoms with E-state index < -0.39 is 0 Å². The molecule has 0 fully saturated rings. The average molecular weight is 386 g/mol. The van der Waals surface area contributed by atoms with Gasteiger partial charge >= 0.3 is 0 Å². The van der Waals surface area contributed by atoms with Crippen LogP contribution in [0.4, 0.5) is 0 Å². The van der Waals surface area contributed by atoms with Crippen LogP contribution in [0.3, 0.4) is 0 Å². The van der Waals surface area contributed by atoms with E-state index in [1.54, 1.807) is 0 Å². The molecule has 0 heterocycles. The predicted octanol–water partition coefficient (Wildman–Crippen LogP) is 3.82. The summed E-state index contributed by atoms with van der Waals surface area (Å²) in [7, 11) is 1.99. The van der Waals surface area contributed by atoms with Crippen LogP contribution in [0.1, 0.15) is 17.2 Å². The van der Waals surface area contributed by atoms with Crippen molar-refractivity contribution in [1.82, 2.24) is 4.90 Å². The number of benzene rings is 2.